The zero-order chi connectivity index (χ0) is 9.65. The molecule has 0 aliphatic heterocycles. The van der Waals surface area contributed by atoms with Crippen molar-refractivity contribution in [1.82, 2.24) is 0 Å². The molecule has 0 amide bonds. The molecular weight excluding hydrogens is 271 g/mol. The molecule has 13 heavy (non-hydrogen) atoms. The Balaban J connectivity index is -0.0000000321. The predicted octanol–water partition coefficient (Wildman–Crippen LogP) is -4.38. The minimum atomic E-state index is -4.67. The van der Waals surface area contributed by atoms with E-state index in [0.717, 1.165) is 0 Å². The smallest absolute Gasteiger partial charge is 1.00 e. The van der Waals surface area contributed by atoms with Gasteiger partial charge >= 0.3 is 73.7 Å². The van der Waals surface area contributed by atoms with E-state index in [2.05, 4.69) is 0 Å². The van der Waals surface area contributed by atoms with Crippen molar-refractivity contribution in [2.24, 2.45) is 0 Å². The summed E-state index contributed by atoms with van der Waals surface area (Å²) in [7, 11) is -4.67. The van der Waals surface area contributed by atoms with Crippen LogP contribution in [0.5, 0.6) is 0 Å². The minimum Gasteiger partial charge on any atom is -1.00 e. The molecule has 0 aliphatic rings. The summed E-state index contributed by atoms with van der Waals surface area (Å²) in [6.45, 7) is 0. The maximum atomic E-state index is 9.10. The van der Waals surface area contributed by atoms with E-state index in [1.165, 1.54) is 0 Å². The molecule has 0 unspecified atom stereocenters. The van der Waals surface area contributed by atoms with Gasteiger partial charge in [-0.15, -0.1) is 0 Å². The van der Waals surface area contributed by atoms with Crippen LogP contribution in [-0.2, 0) is 41.7 Å². The largest absolute Gasteiger partial charge is 1.00 e. The third kappa shape index (κ3) is 61.6. The molecule has 0 aromatic rings. The normalized spacial score (nSPS) is 7.85. The van der Waals surface area contributed by atoms with Crippen LogP contribution in [0.2, 0.25) is 0 Å². The fraction of sp³-hybridized carbons (Fsp3) is 0. The van der Waals surface area contributed by atoms with Gasteiger partial charge in [0.05, 0.1) is 0 Å². The molecule has 0 atom stereocenters. The maximum absolute atomic E-state index is 9.10. The molecule has 0 heterocycles. The van der Waals surface area contributed by atoms with Crippen molar-refractivity contribution < 1.29 is 112 Å². The first-order valence-corrected chi connectivity index (χ1v) is 3.20. The average molecular weight is 276 g/mol. The zero-order valence-electron chi connectivity index (χ0n) is 7.33. The van der Waals surface area contributed by atoms with Crippen LogP contribution < -0.4 is 51.4 Å². The topological polar surface area (TPSA) is 149 Å². The fourth-order valence-corrected chi connectivity index (χ4v) is 0. The van der Waals surface area contributed by atoms with Crippen LogP contribution >= 0.6 is 0 Å². The minimum absolute atomic E-state index is 0. The maximum Gasteiger partial charge on any atom is 1.00 e. The van der Waals surface area contributed by atoms with Gasteiger partial charge in [0.1, 0.15) is 0 Å². The standard InChI is InChI=1S/C2H2O4.K.H2O4S.Ti.H/c3-1(4)2(5)6;;1-5(2,3)4;;/h(H,3,4)(H,5,6);;(H2,1,2,3,4);;/q;+1;;;-1. The van der Waals surface area contributed by atoms with Gasteiger partial charge in [0.15, 0.2) is 0 Å². The summed E-state index contributed by atoms with van der Waals surface area (Å²) < 4.78 is 31.6. The van der Waals surface area contributed by atoms with E-state index in [1.54, 1.807) is 0 Å². The van der Waals surface area contributed by atoms with Crippen molar-refractivity contribution in [1.29, 1.82) is 0 Å². The predicted molar refractivity (Wildman–Crippen MR) is 30.6 cm³/mol. The number of carbonyl (C=O) groups is 2. The van der Waals surface area contributed by atoms with Gasteiger partial charge in [-0.05, 0) is 0 Å². The number of aliphatic carboxylic acids is 2. The molecule has 0 saturated carbocycles. The van der Waals surface area contributed by atoms with Gasteiger partial charge in [0.25, 0.3) is 0 Å². The first kappa shape index (κ1) is 23.8. The summed E-state index contributed by atoms with van der Waals surface area (Å²) in [4.78, 5) is 18.2. The second-order valence-electron chi connectivity index (χ2n) is 1.06. The molecule has 0 rings (SSSR count). The molecule has 0 radical (unpaired) electrons. The number of hydrogen-bond donors (Lipinski definition) is 4. The molecule has 0 spiro atoms. The van der Waals surface area contributed by atoms with Gasteiger partial charge in [-0.1, -0.05) is 0 Å². The Morgan fingerprint density at radius 1 is 1.00 bits per heavy atom. The van der Waals surface area contributed by atoms with Crippen LogP contribution in [0.4, 0.5) is 0 Å². The molecule has 4 N–H and O–H groups in total. The Morgan fingerprint density at radius 3 is 1.08 bits per heavy atom. The monoisotopic (exact) mass is 276 g/mol. The molecule has 0 aliphatic carbocycles. The van der Waals surface area contributed by atoms with Crippen molar-refractivity contribution in [2.75, 3.05) is 0 Å². The average Bonchev–Trinajstić information content (AvgIpc) is 1.59. The van der Waals surface area contributed by atoms with Crippen LogP contribution in [0.25, 0.3) is 0 Å². The molecule has 0 fully saturated rings. The summed E-state index contributed by atoms with van der Waals surface area (Å²) in [5.74, 6) is -3.65. The number of carboxylic acid groups (broad SMARTS) is 2. The Hall–Kier alpha value is 1.16. The summed E-state index contributed by atoms with van der Waals surface area (Å²) in [6, 6.07) is 0. The molecule has 0 bridgehead atoms. The first-order chi connectivity index (χ1) is 4.64. The third-order valence-electron chi connectivity index (χ3n) is 0.183. The van der Waals surface area contributed by atoms with Gasteiger partial charge in [-0.3, -0.25) is 9.11 Å². The van der Waals surface area contributed by atoms with Crippen molar-refractivity contribution >= 4 is 22.3 Å². The Bertz CT molecular complexity index is 230. The molecule has 0 saturated heterocycles. The Morgan fingerprint density at radius 2 is 1.08 bits per heavy atom. The quantitative estimate of drug-likeness (QED) is 0.197. The SMILES string of the molecule is O=C(O)C(=O)O.O=S(=O)(O)O.[H-].[K+].[Ti]. The Labute approximate surface area is 132 Å². The van der Waals surface area contributed by atoms with Crippen molar-refractivity contribution in [3.05, 3.63) is 0 Å². The number of carboxylic acids is 2. The summed E-state index contributed by atoms with van der Waals surface area (Å²) in [5, 5.41) is 14.8. The van der Waals surface area contributed by atoms with Gasteiger partial charge in [-0.2, -0.15) is 8.42 Å². The molecule has 11 heteroatoms. The van der Waals surface area contributed by atoms with Gasteiger partial charge < -0.3 is 11.6 Å². The van der Waals surface area contributed by atoms with Gasteiger partial charge in [0.2, 0.25) is 0 Å². The summed E-state index contributed by atoms with van der Waals surface area (Å²) in [6.07, 6.45) is 0. The second kappa shape index (κ2) is 11.2. The summed E-state index contributed by atoms with van der Waals surface area (Å²) in [5.41, 5.74) is 0. The van der Waals surface area contributed by atoms with Crippen LogP contribution in [0, 0.1) is 0 Å². The van der Waals surface area contributed by atoms with E-state index in [4.69, 9.17) is 37.3 Å². The zero-order valence-corrected chi connectivity index (χ0v) is 11.8. The summed E-state index contributed by atoms with van der Waals surface area (Å²) >= 11 is 0. The molecule has 0 aromatic heterocycles. The number of hydrogen-bond acceptors (Lipinski definition) is 4. The molecule has 0 aromatic carbocycles. The van der Waals surface area contributed by atoms with E-state index >= 15 is 0 Å². The van der Waals surface area contributed by atoms with Crippen LogP contribution in [0.3, 0.4) is 0 Å². The van der Waals surface area contributed by atoms with Gasteiger partial charge in [-0.25, -0.2) is 9.59 Å². The van der Waals surface area contributed by atoms with E-state index in [0.29, 0.717) is 0 Å². The van der Waals surface area contributed by atoms with E-state index in [9.17, 15) is 0 Å². The van der Waals surface area contributed by atoms with E-state index in [-0.39, 0.29) is 74.5 Å². The van der Waals surface area contributed by atoms with Crippen LogP contribution in [-0.4, -0.2) is 39.7 Å². The molecular formula is C2H5KO8STi. The Kier molecular flexibility index (Phi) is 20.5. The fourth-order valence-electron chi connectivity index (χ4n) is 0. The van der Waals surface area contributed by atoms with Crippen molar-refractivity contribution in [3.63, 3.8) is 0 Å². The van der Waals surface area contributed by atoms with Gasteiger partial charge in [0, 0.05) is 21.7 Å². The number of rotatable bonds is 0. The van der Waals surface area contributed by atoms with Crippen molar-refractivity contribution in [3.8, 4) is 0 Å². The van der Waals surface area contributed by atoms with Crippen molar-refractivity contribution in [2.45, 2.75) is 0 Å². The van der Waals surface area contributed by atoms with Crippen LogP contribution in [0.1, 0.15) is 1.43 Å². The second-order valence-corrected chi connectivity index (χ2v) is 1.95. The third-order valence-corrected chi connectivity index (χ3v) is 0.183. The molecule has 72 valence electrons. The van der Waals surface area contributed by atoms with Crippen LogP contribution in [0.15, 0.2) is 0 Å². The first-order valence-electron chi connectivity index (χ1n) is 1.80. The van der Waals surface area contributed by atoms with E-state index in [1.807, 2.05) is 0 Å². The molecule has 8 nitrogen and oxygen atoms in total. The van der Waals surface area contributed by atoms with E-state index < -0.39 is 22.3 Å².